The molecule has 0 amide bonds. The molecule has 1 rings (SSSR count). The van der Waals surface area contributed by atoms with Crippen LogP contribution in [0.15, 0.2) is 0 Å². The van der Waals surface area contributed by atoms with Crippen molar-refractivity contribution in [2.45, 2.75) is 23.7 Å². The van der Waals surface area contributed by atoms with E-state index in [2.05, 4.69) is 26.0 Å². The second-order valence-electron chi connectivity index (χ2n) is 4.34. The predicted octanol–water partition coefficient (Wildman–Crippen LogP) is -0.0635. The smallest absolute Gasteiger partial charge is 0.320 e. The van der Waals surface area contributed by atoms with Crippen LogP contribution < -0.4 is 5.32 Å². The second-order valence-corrected chi connectivity index (χ2v) is 7.42. The first-order valence-electron chi connectivity index (χ1n) is 5.75. The number of nitrogens with zero attached hydrogens (tertiary/aromatic N) is 1. The average molecular weight is 343 g/mol. The predicted molar refractivity (Wildman–Crippen MR) is 72.2 cm³/mol. The molecule has 6 nitrogen and oxygen atoms in total. The molecule has 1 aliphatic rings. The van der Waals surface area contributed by atoms with Crippen molar-refractivity contribution in [1.82, 2.24) is 9.62 Å². The summed E-state index contributed by atoms with van der Waals surface area (Å²) in [5, 5.41) is 3.24. The first-order chi connectivity index (χ1) is 8.34. The van der Waals surface area contributed by atoms with Gasteiger partial charge >= 0.3 is 5.97 Å². The van der Waals surface area contributed by atoms with E-state index in [0.29, 0.717) is 19.6 Å². The van der Waals surface area contributed by atoms with Gasteiger partial charge in [-0.15, -0.1) is 0 Å². The second kappa shape index (κ2) is 6.83. The number of hydrogen-bond donors (Lipinski definition) is 1. The third-order valence-corrected chi connectivity index (χ3v) is 4.97. The lowest BCUT2D eigenvalue weighted by atomic mass is 10.1. The van der Waals surface area contributed by atoms with Crippen molar-refractivity contribution in [1.29, 1.82) is 0 Å². The highest BCUT2D eigenvalue weighted by atomic mass is 79.9. The number of rotatable bonds is 5. The molecule has 0 aliphatic carbocycles. The van der Waals surface area contributed by atoms with Crippen LogP contribution >= 0.6 is 15.9 Å². The van der Waals surface area contributed by atoms with Crippen LogP contribution in [0.25, 0.3) is 0 Å². The molecule has 0 bridgehead atoms. The summed E-state index contributed by atoms with van der Waals surface area (Å²) in [6.45, 7) is 1.54. The van der Waals surface area contributed by atoms with Crippen LogP contribution in [0.4, 0.5) is 0 Å². The number of carbonyl (C=O) groups is 1. The Labute approximate surface area is 116 Å². The third kappa shape index (κ3) is 4.83. The van der Waals surface area contributed by atoms with E-state index in [1.54, 1.807) is 0 Å². The van der Waals surface area contributed by atoms with Gasteiger partial charge in [0.2, 0.25) is 10.0 Å². The van der Waals surface area contributed by atoms with Crippen molar-refractivity contribution < 1.29 is 17.9 Å². The molecule has 0 saturated carbocycles. The highest BCUT2D eigenvalue weighted by molar-refractivity contribution is 9.10. The van der Waals surface area contributed by atoms with Crippen LogP contribution in [0.2, 0.25) is 0 Å². The van der Waals surface area contributed by atoms with Crippen LogP contribution in [-0.2, 0) is 19.6 Å². The Bertz CT molecular complexity index is 379. The van der Waals surface area contributed by atoms with Gasteiger partial charge in [-0.3, -0.25) is 4.79 Å². The number of piperidine rings is 1. The number of carbonyl (C=O) groups excluding carboxylic acids is 1. The fourth-order valence-electron chi connectivity index (χ4n) is 1.87. The van der Waals surface area contributed by atoms with Crippen LogP contribution in [0.1, 0.15) is 12.8 Å². The fourth-order valence-corrected chi connectivity index (χ4v) is 3.12. The number of esters is 1. The first-order valence-corrected chi connectivity index (χ1v) is 8.51. The third-order valence-electron chi connectivity index (χ3n) is 2.97. The van der Waals surface area contributed by atoms with E-state index < -0.39 is 10.0 Å². The van der Waals surface area contributed by atoms with Crippen molar-refractivity contribution in [2.24, 2.45) is 0 Å². The molecule has 106 valence electrons. The summed E-state index contributed by atoms with van der Waals surface area (Å²) in [4.78, 5) is 10.8. The first kappa shape index (κ1) is 15.9. The van der Waals surface area contributed by atoms with Gasteiger partial charge in [-0.1, -0.05) is 15.9 Å². The molecule has 1 N–H and O–H groups in total. The molecule has 0 aromatic carbocycles. The topological polar surface area (TPSA) is 75.7 Å². The number of nitrogens with one attached hydrogen (secondary N) is 1. The number of alkyl halides is 1. The monoisotopic (exact) mass is 342 g/mol. The largest absolute Gasteiger partial charge is 0.468 e. The maximum Gasteiger partial charge on any atom is 0.320 e. The molecule has 1 aliphatic heterocycles. The van der Waals surface area contributed by atoms with Gasteiger partial charge in [-0.2, -0.15) is 0 Å². The van der Waals surface area contributed by atoms with Crippen molar-refractivity contribution >= 4 is 31.9 Å². The summed E-state index contributed by atoms with van der Waals surface area (Å²) < 4.78 is 28.7. The maximum absolute atomic E-state index is 11.3. The Morgan fingerprint density at radius 3 is 2.50 bits per heavy atom. The Morgan fingerprint density at radius 2 is 2.06 bits per heavy atom. The molecule has 1 atom stereocenters. The number of methoxy groups -OCH3 is 1. The molecule has 18 heavy (non-hydrogen) atoms. The summed E-state index contributed by atoms with van der Waals surface area (Å²) in [6.07, 6.45) is 2.74. The minimum atomic E-state index is -3.08. The number of halogens is 1. The number of ether oxygens (including phenoxy) is 1. The van der Waals surface area contributed by atoms with Crippen LogP contribution in [0, 0.1) is 0 Å². The summed E-state index contributed by atoms with van der Waals surface area (Å²) in [5.74, 6) is -0.309. The van der Waals surface area contributed by atoms with E-state index in [0.717, 1.165) is 12.8 Å². The van der Waals surface area contributed by atoms with E-state index in [-0.39, 0.29) is 16.8 Å². The lowest BCUT2D eigenvalue weighted by molar-refractivity contribution is -0.139. The zero-order valence-electron chi connectivity index (χ0n) is 10.6. The Balaban J connectivity index is 2.30. The fraction of sp³-hybridized carbons (Fsp3) is 0.900. The summed E-state index contributed by atoms with van der Waals surface area (Å²) >= 11 is 3.23. The Kier molecular flexibility index (Phi) is 6.03. The summed E-state index contributed by atoms with van der Waals surface area (Å²) in [6, 6.07) is 0.243. The molecule has 1 fully saturated rings. The number of sulfonamides is 1. The molecule has 8 heteroatoms. The van der Waals surface area contributed by atoms with Crippen molar-refractivity contribution in [3.05, 3.63) is 0 Å². The SMILES string of the molecule is COC(=O)C(Br)CNC1CCN(S(C)(=O)=O)CC1. The maximum atomic E-state index is 11.3. The van der Waals surface area contributed by atoms with Gasteiger partial charge in [-0.25, -0.2) is 12.7 Å². The molecule has 0 radical (unpaired) electrons. The van der Waals surface area contributed by atoms with Crippen LogP contribution in [0.3, 0.4) is 0 Å². The molecule has 0 spiro atoms. The van der Waals surface area contributed by atoms with Gasteiger partial charge in [0.05, 0.1) is 13.4 Å². The lowest BCUT2D eigenvalue weighted by Gasteiger charge is -2.31. The van der Waals surface area contributed by atoms with Gasteiger partial charge in [0.1, 0.15) is 4.83 Å². The lowest BCUT2D eigenvalue weighted by Crippen LogP contribution is -2.46. The zero-order chi connectivity index (χ0) is 13.8. The Morgan fingerprint density at radius 1 is 1.50 bits per heavy atom. The summed E-state index contributed by atoms with van der Waals surface area (Å²) in [5.41, 5.74) is 0. The van der Waals surface area contributed by atoms with Crippen molar-refractivity contribution in [3.8, 4) is 0 Å². The van der Waals surface area contributed by atoms with E-state index >= 15 is 0 Å². The van der Waals surface area contributed by atoms with Gasteiger partial charge in [0, 0.05) is 25.7 Å². The van der Waals surface area contributed by atoms with Crippen molar-refractivity contribution in [2.75, 3.05) is 33.0 Å². The van der Waals surface area contributed by atoms with E-state index in [4.69, 9.17) is 0 Å². The standard InChI is InChI=1S/C10H19BrN2O4S/c1-17-10(14)9(11)7-12-8-3-5-13(6-4-8)18(2,15)16/h8-9,12H,3-7H2,1-2H3. The molecule has 0 aromatic heterocycles. The molecule has 0 aromatic rings. The zero-order valence-corrected chi connectivity index (χ0v) is 13.0. The molecular formula is C10H19BrN2O4S. The normalized spacial score (nSPS) is 20.6. The molecule has 1 heterocycles. The minimum Gasteiger partial charge on any atom is -0.468 e. The van der Waals surface area contributed by atoms with Gasteiger partial charge in [0.25, 0.3) is 0 Å². The van der Waals surface area contributed by atoms with E-state index in [9.17, 15) is 13.2 Å². The molecule has 1 saturated heterocycles. The van der Waals surface area contributed by atoms with Gasteiger partial charge in [0.15, 0.2) is 0 Å². The average Bonchev–Trinajstić information content (AvgIpc) is 2.34. The quantitative estimate of drug-likeness (QED) is 0.559. The summed E-state index contributed by atoms with van der Waals surface area (Å²) in [7, 11) is -1.73. The molecule has 1 unspecified atom stereocenters. The highest BCUT2D eigenvalue weighted by Crippen LogP contribution is 2.13. The number of hydrogen-bond acceptors (Lipinski definition) is 5. The van der Waals surface area contributed by atoms with Crippen LogP contribution in [0.5, 0.6) is 0 Å². The van der Waals surface area contributed by atoms with Crippen LogP contribution in [-0.4, -0.2) is 62.6 Å². The van der Waals surface area contributed by atoms with Crippen molar-refractivity contribution in [3.63, 3.8) is 0 Å². The van der Waals surface area contributed by atoms with Gasteiger partial charge in [-0.05, 0) is 12.8 Å². The highest BCUT2D eigenvalue weighted by Gasteiger charge is 2.25. The van der Waals surface area contributed by atoms with Gasteiger partial charge < -0.3 is 10.1 Å². The Hall–Kier alpha value is -0.180. The molecular weight excluding hydrogens is 324 g/mol. The van der Waals surface area contributed by atoms with E-state index in [1.165, 1.54) is 17.7 Å². The minimum absolute atomic E-state index is 0.243. The van der Waals surface area contributed by atoms with E-state index in [1.807, 2.05) is 0 Å².